The van der Waals surface area contributed by atoms with Crippen molar-refractivity contribution in [2.45, 2.75) is 22.3 Å². The summed E-state index contributed by atoms with van der Waals surface area (Å²) < 4.78 is 4.90. The van der Waals surface area contributed by atoms with Crippen LogP contribution in [0.1, 0.15) is 15.9 Å². The van der Waals surface area contributed by atoms with Gasteiger partial charge in [-0.1, -0.05) is 82.4 Å². The molecule has 0 bridgehead atoms. The number of esters is 1. The molecule has 0 radical (unpaired) electrons. The van der Waals surface area contributed by atoms with Gasteiger partial charge in [0.25, 0.3) is 5.91 Å². The maximum absolute atomic E-state index is 13.0. The number of hydrogen-bond donors (Lipinski definition) is 3. The Kier molecular flexibility index (Phi) is 10.9. The van der Waals surface area contributed by atoms with Crippen LogP contribution in [0.15, 0.2) is 83.1 Å². The van der Waals surface area contributed by atoms with Gasteiger partial charge in [0.1, 0.15) is 6.04 Å². The molecule has 0 aliphatic carbocycles. The number of pyridine rings is 2. The summed E-state index contributed by atoms with van der Waals surface area (Å²) in [4.78, 5) is 47.2. The van der Waals surface area contributed by atoms with Gasteiger partial charge in [0.2, 0.25) is 0 Å². The molecule has 216 valence electrons. The van der Waals surface area contributed by atoms with Gasteiger partial charge >= 0.3 is 12.0 Å². The summed E-state index contributed by atoms with van der Waals surface area (Å²) in [5.74, 6) is -1.14. The largest absolute Gasteiger partial charge is 0.467 e. The average Bonchev–Trinajstić information content (AvgIpc) is 2.96. The summed E-state index contributed by atoms with van der Waals surface area (Å²) in [7, 11) is 1.23. The van der Waals surface area contributed by atoms with E-state index >= 15 is 0 Å². The fourth-order valence-electron chi connectivity index (χ4n) is 3.70. The van der Waals surface area contributed by atoms with Crippen molar-refractivity contribution in [2.24, 2.45) is 0 Å². The van der Waals surface area contributed by atoms with Crippen LogP contribution in [0.3, 0.4) is 0 Å². The van der Waals surface area contributed by atoms with Gasteiger partial charge in [0.15, 0.2) is 0 Å². The molecule has 3 N–H and O–H groups in total. The predicted molar refractivity (Wildman–Crippen MR) is 165 cm³/mol. The fourth-order valence-corrected chi connectivity index (χ4v) is 5.73. The van der Waals surface area contributed by atoms with Gasteiger partial charge in [-0.3, -0.25) is 14.8 Å². The maximum Gasteiger partial charge on any atom is 0.328 e. The van der Waals surface area contributed by atoms with Crippen molar-refractivity contribution in [3.8, 4) is 0 Å². The predicted octanol–water partition coefficient (Wildman–Crippen LogP) is 7.40. The molecule has 0 aliphatic rings. The number of nitrogens with one attached hydrogen (secondary N) is 3. The molecule has 3 amide bonds. The second kappa shape index (κ2) is 14.6. The minimum Gasteiger partial charge on any atom is -0.467 e. The summed E-state index contributed by atoms with van der Waals surface area (Å²) in [6.07, 6.45) is 5.73. The number of para-hydroxylation sites is 1. The van der Waals surface area contributed by atoms with E-state index in [4.69, 9.17) is 51.1 Å². The SMILES string of the molecule is COC(=O)C(Cc1ccc(NC(=O)c2c(Cl)cncc2Cl)cc1)NC(=O)Nc1ccccc1Sc1c(Cl)cncc1Cl. The Morgan fingerprint density at radius 2 is 1.43 bits per heavy atom. The molecule has 42 heavy (non-hydrogen) atoms. The third kappa shape index (κ3) is 8.05. The van der Waals surface area contributed by atoms with Crippen LogP contribution in [0, 0.1) is 0 Å². The number of ether oxygens (including phenoxy) is 1. The van der Waals surface area contributed by atoms with E-state index in [-0.39, 0.29) is 22.0 Å². The van der Waals surface area contributed by atoms with Crippen LogP contribution in [-0.2, 0) is 16.0 Å². The Balaban J connectivity index is 1.42. The summed E-state index contributed by atoms with van der Waals surface area (Å²) in [5, 5.41) is 9.11. The van der Waals surface area contributed by atoms with E-state index in [1.807, 2.05) is 0 Å². The monoisotopic (exact) mass is 663 g/mol. The molecule has 1 atom stereocenters. The summed E-state index contributed by atoms with van der Waals surface area (Å²) in [6.45, 7) is 0. The number of rotatable bonds is 9. The number of carbonyl (C=O) groups excluding carboxylic acids is 3. The minimum atomic E-state index is -1.01. The van der Waals surface area contributed by atoms with Crippen LogP contribution >= 0.6 is 58.2 Å². The summed E-state index contributed by atoms with van der Waals surface area (Å²) >= 11 is 25.9. The van der Waals surface area contributed by atoms with E-state index in [2.05, 4.69) is 25.9 Å². The normalized spacial score (nSPS) is 11.4. The Morgan fingerprint density at radius 3 is 2.05 bits per heavy atom. The lowest BCUT2D eigenvalue weighted by Gasteiger charge is -2.18. The lowest BCUT2D eigenvalue weighted by molar-refractivity contribution is -0.142. The Hall–Kier alpha value is -3.54. The Morgan fingerprint density at radius 1 is 0.833 bits per heavy atom. The van der Waals surface area contributed by atoms with Gasteiger partial charge in [0.05, 0.1) is 43.3 Å². The van der Waals surface area contributed by atoms with Crippen molar-refractivity contribution in [1.29, 1.82) is 0 Å². The van der Waals surface area contributed by atoms with E-state index in [9.17, 15) is 14.4 Å². The topological polar surface area (TPSA) is 122 Å². The molecule has 0 spiro atoms. The van der Waals surface area contributed by atoms with Gasteiger partial charge in [-0.2, -0.15) is 0 Å². The molecule has 0 aliphatic heterocycles. The van der Waals surface area contributed by atoms with E-state index in [1.54, 1.807) is 48.5 Å². The molecule has 0 fully saturated rings. The molecule has 14 heteroatoms. The molecule has 2 heterocycles. The van der Waals surface area contributed by atoms with Crippen LogP contribution in [0.25, 0.3) is 0 Å². The highest BCUT2D eigenvalue weighted by Gasteiger charge is 2.23. The molecule has 1 unspecified atom stereocenters. The van der Waals surface area contributed by atoms with Gasteiger partial charge < -0.3 is 20.7 Å². The maximum atomic E-state index is 13.0. The zero-order valence-corrected chi connectivity index (χ0v) is 25.5. The second-order valence-corrected chi connectivity index (χ2v) is 11.2. The number of aromatic nitrogens is 2. The lowest BCUT2D eigenvalue weighted by atomic mass is 10.1. The summed E-state index contributed by atoms with van der Waals surface area (Å²) in [6, 6.07) is 12.1. The third-order valence-electron chi connectivity index (χ3n) is 5.68. The van der Waals surface area contributed by atoms with Crippen LogP contribution < -0.4 is 16.0 Å². The van der Waals surface area contributed by atoms with E-state index in [1.165, 1.54) is 43.7 Å². The number of amides is 3. The van der Waals surface area contributed by atoms with Gasteiger partial charge in [-0.15, -0.1) is 0 Å². The van der Waals surface area contributed by atoms with Crippen LogP contribution in [0.4, 0.5) is 16.2 Å². The number of carbonyl (C=O) groups is 3. The first-order chi connectivity index (χ1) is 20.2. The molecule has 4 aromatic rings. The molecular formula is C28H21Cl4N5O4S. The Labute approximate surface area is 265 Å². The zero-order chi connectivity index (χ0) is 30.2. The first-order valence-electron chi connectivity index (χ1n) is 12.1. The van der Waals surface area contributed by atoms with Crippen molar-refractivity contribution >= 4 is 87.4 Å². The highest BCUT2D eigenvalue weighted by molar-refractivity contribution is 7.99. The quantitative estimate of drug-likeness (QED) is 0.159. The fraction of sp³-hybridized carbons (Fsp3) is 0.107. The van der Waals surface area contributed by atoms with Crippen molar-refractivity contribution in [2.75, 3.05) is 17.7 Å². The molecule has 0 saturated heterocycles. The van der Waals surface area contributed by atoms with Crippen LogP contribution in [0.2, 0.25) is 20.1 Å². The lowest BCUT2D eigenvalue weighted by Crippen LogP contribution is -2.45. The molecule has 2 aromatic carbocycles. The van der Waals surface area contributed by atoms with Crippen LogP contribution in [-0.4, -0.2) is 41.0 Å². The van der Waals surface area contributed by atoms with E-state index < -0.39 is 23.9 Å². The smallest absolute Gasteiger partial charge is 0.328 e. The van der Waals surface area contributed by atoms with Crippen molar-refractivity contribution in [1.82, 2.24) is 15.3 Å². The van der Waals surface area contributed by atoms with Crippen molar-refractivity contribution < 1.29 is 19.1 Å². The minimum absolute atomic E-state index is 0.102. The average molecular weight is 665 g/mol. The van der Waals surface area contributed by atoms with Gasteiger partial charge in [-0.25, -0.2) is 9.59 Å². The number of methoxy groups -OCH3 is 1. The first-order valence-corrected chi connectivity index (χ1v) is 14.4. The number of anilines is 2. The van der Waals surface area contributed by atoms with Crippen molar-refractivity contribution in [3.05, 3.63) is 105 Å². The van der Waals surface area contributed by atoms with E-state index in [0.717, 1.165) is 0 Å². The summed E-state index contributed by atoms with van der Waals surface area (Å²) in [5.41, 5.74) is 1.74. The molecule has 2 aromatic heterocycles. The highest BCUT2D eigenvalue weighted by Crippen LogP contribution is 2.40. The van der Waals surface area contributed by atoms with Gasteiger partial charge in [0, 0.05) is 41.8 Å². The van der Waals surface area contributed by atoms with Crippen molar-refractivity contribution in [3.63, 3.8) is 0 Å². The molecule has 0 saturated carbocycles. The molecule has 4 rings (SSSR count). The third-order valence-corrected chi connectivity index (χ3v) is 8.27. The number of urea groups is 1. The second-order valence-electron chi connectivity index (χ2n) is 8.54. The highest BCUT2D eigenvalue weighted by atomic mass is 35.5. The van der Waals surface area contributed by atoms with Gasteiger partial charge in [-0.05, 0) is 29.8 Å². The number of hydrogen-bond acceptors (Lipinski definition) is 7. The molecule has 9 nitrogen and oxygen atoms in total. The van der Waals surface area contributed by atoms with E-state index in [0.29, 0.717) is 36.8 Å². The zero-order valence-electron chi connectivity index (χ0n) is 21.7. The van der Waals surface area contributed by atoms with Crippen LogP contribution in [0.5, 0.6) is 0 Å². The molecular weight excluding hydrogens is 644 g/mol. The Bertz CT molecular complexity index is 1580. The number of halogens is 4. The standard InChI is InChI=1S/C28H21Cl4N5O4S/c1-41-27(39)22(10-15-6-8-16(9-7-15)35-26(38)24-17(29)11-33-12-18(24)30)37-28(40)36-21-4-2-3-5-23(21)42-25-19(31)13-34-14-20(25)32/h2-9,11-14,22H,10H2,1H3,(H,35,38)(H2,36,37,40). The number of nitrogens with zero attached hydrogens (tertiary/aromatic N) is 2. The number of benzene rings is 2. The first kappa shape index (κ1) is 31.4.